The molecular formula is C16H25N3O2. The third kappa shape index (κ3) is 2.91. The van der Waals surface area contributed by atoms with Gasteiger partial charge in [-0.05, 0) is 38.0 Å². The zero-order valence-electron chi connectivity index (χ0n) is 12.9. The van der Waals surface area contributed by atoms with E-state index in [4.69, 9.17) is 14.8 Å². The van der Waals surface area contributed by atoms with E-state index in [1.54, 1.807) is 0 Å². The van der Waals surface area contributed by atoms with Crippen molar-refractivity contribution >= 4 is 6.08 Å². The van der Waals surface area contributed by atoms with Gasteiger partial charge in [0.25, 0.3) is 0 Å². The Balaban J connectivity index is 1.83. The van der Waals surface area contributed by atoms with Gasteiger partial charge < -0.3 is 19.7 Å². The molecule has 0 radical (unpaired) electrons. The maximum absolute atomic E-state index is 8.91. The van der Waals surface area contributed by atoms with Crippen LogP contribution >= 0.6 is 0 Å². The Labute approximate surface area is 126 Å². The maximum Gasteiger partial charge on any atom is 0.144 e. The van der Waals surface area contributed by atoms with Gasteiger partial charge in [-0.1, -0.05) is 6.92 Å². The lowest BCUT2D eigenvalue weighted by atomic mass is 10.1. The topological polar surface area (TPSA) is 59.3 Å². The van der Waals surface area contributed by atoms with Crippen molar-refractivity contribution in [2.45, 2.75) is 58.2 Å². The van der Waals surface area contributed by atoms with Gasteiger partial charge >= 0.3 is 0 Å². The molecule has 21 heavy (non-hydrogen) atoms. The molecule has 1 aliphatic heterocycles. The summed E-state index contributed by atoms with van der Waals surface area (Å²) < 4.78 is 7.67. The number of nitrogens with zero attached hydrogens (tertiary/aromatic N) is 2. The molecular weight excluding hydrogens is 266 g/mol. The van der Waals surface area contributed by atoms with Crippen molar-refractivity contribution in [3.05, 3.63) is 22.8 Å². The Morgan fingerprint density at radius 2 is 2.43 bits per heavy atom. The van der Waals surface area contributed by atoms with Crippen molar-refractivity contribution in [2.24, 2.45) is 0 Å². The fourth-order valence-electron chi connectivity index (χ4n) is 3.37. The minimum absolute atomic E-state index is 0.0488. The highest BCUT2D eigenvalue weighted by atomic mass is 16.6. The molecule has 0 spiro atoms. The quantitative estimate of drug-likeness (QED) is 0.780. The molecule has 1 aromatic rings. The van der Waals surface area contributed by atoms with Crippen molar-refractivity contribution in [2.75, 3.05) is 13.3 Å². The molecule has 1 aromatic heterocycles. The smallest absolute Gasteiger partial charge is 0.144 e. The van der Waals surface area contributed by atoms with Crippen LogP contribution in [0.25, 0.3) is 6.08 Å². The molecule has 0 amide bonds. The Morgan fingerprint density at radius 1 is 1.57 bits per heavy atom. The largest absolute Gasteiger partial charge is 0.371 e. The Bertz CT molecular complexity index is 530. The highest BCUT2D eigenvalue weighted by Crippen LogP contribution is 2.29. The third-order valence-corrected chi connectivity index (χ3v) is 4.58. The second-order valence-corrected chi connectivity index (χ2v) is 5.95. The molecule has 2 N–H and O–H groups in total. The first-order valence-electron chi connectivity index (χ1n) is 7.97. The Kier molecular flexibility index (Phi) is 4.42. The van der Waals surface area contributed by atoms with Gasteiger partial charge in [0.05, 0.1) is 17.5 Å². The number of ether oxygens (including phenoxy) is 1. The molecule has 116 valence electrons. The molecule has 5 heteroatoms. The summed E-state index contributed by atoms with van der Waals surface area (Å²) in [5.41, 5.74) is 3.61. The minimum atomic E-state index is -0.234. The van der Waals surface area contributed by atoms with Crippen molar-refractivity contribution in [1.29, 1.82) is 0 Å². The van der Waals surface area contributed by atoms with E-state index in [2.05, 4.69) is 22.9 Å². The van der Waals surface area contributed by atoms with Crippen LogP contribution in [0.1, 0.15) is 43.9 Å². The highest BCUT2D eigenvalue weighted by molar-refractivity contribution is 5.61. The van der Waals surface area contributed by atoms with Crippen LogP contribution in [-0.2, 0) is 24.1 Å². The fourth-order valence-corrected chi connectivity index (χ4v) is 3.37. The van der Waals surface area contributed by atoms with Gasteiger partial charge in [0, 0.05) is 25.4 Å². The number of aliphatic hydroxyl groups excluding tert-OH is 1. The molecule has 3 rings (SSSR count). The number of aromatic nitrogens is 2. The van der Waals surface area contributed by atoms with Crippen LogP contribution in [-0.4, -0.2) is 40.1 Å². The molecule has 2 atom stereocenters. The number of aryl methyl sites for hydroxylation is 1. The summed E-state index contributed by atoms with van der Waals surface area (Å²) >= 11 is 0. The first-order chi connectivity index (χ1) is 10.2. The molecule has 0 aromatic carbocycles. The molecule has 2 aliphatic rings. The molecule has 1 aliphatic carbocycles. The zero-order chi connectivity index (χ0) is 14.8. The molecule has 5 nitrogen and oxygen atoms in total. The molecule has 2 heterocycles. The summed E-state index contributed by atoms with van der Waals surface area (Å²) in [5.74, 6) is 1.18. The number of nitrogens with one attached hydrogen (secondary N) is 1. The van der Waals surface area contributed by atoms with Crippen molar-refractivity contribution < 1.29 is 9.84 Å². The summed E-state index contributed by atoms with van der Waals surface area (Å²) in [6, 6.07) is 0.567. The van der Waals surface area contributed by atoms with E-state index in [1.165, 1.54) is 29.9 Å². The zero-order valence-corrected chi connectivity index (χ0v) is 12.9. The van der Waals surface area contributed by atoms with E-state index in [-0.39, 0.29) is 12.9 Å². The van der Waals surface area contributed by atoms with Gasteiger partial charge in [0.2, 0.25) is 0 Å². The number of rotatable bonds is 6. The monoisotopic (exact) mass is 291 g/mol. The first-order valence-corrected chi connectivity index (χ1v) is 7.97. The molecule has 0 unspecified atom stereocenters. The van der Waals surface area contributed by atoms with E-state index in [0.717, 1.165) is 31.6 Å². The Morgan fingerprint density at radius 3 is 3.10 bits per heavy atom. The van der Waals surface area contributed by atoms with E-state index in [9.17, 15) is 0 Å². The van der Waals surface area contributed by atoms with Crippen LogP contribution in [0.4, 0.5) is 0 Å². The van der Waals surface area contributed by atoms with E-state index in [0.29, 0.717) is 6.04 Å². The van der Waals surface area contributed by atoms with Crippen molar-refractivity contribution in [1.82, 2.24) is 14.9 Å². The normalized spacial score (nSPS) is 22.4. The summed E-state index contributed by atoms with van der Waals surface area (Å²) in [7, 11) is 0. The van der Waals surface area contributed by atoms with Crippen molar-refractivity contribution in [3.8, 4) is 0 Å². The summed E-state index contributed by atoms with van der Waals surface area (Å²) in [4.78, 5) is 4.81. The number of hydrogen-bond donors (Lipinski definition) is 2. The fraction of sp³-hybridized carbons (Fsp3) is 0.688. The Hall–Kier alpha value is -1.17. The second kappa shape index (κ2) is 6.30. The third-order valence-electron chi connectivity index (χ3n) is 4.58. The lowest BCUT2D eigenvalue weighted by molar-refractivity contribution is -0.0282. The van der Waals surface area contributed by atoms with E-state index in [1.807, 2.05) is 6.92 Å². The summed E-state index contributed by atoms with van der Waals surface area (Å²) in [5, 5.41) is 12.5. The lowest BCUT2D eigenvalue weighted by Crippen LogP contribution is -2.28. The molecule has 0 saturated carbocycles. The highest BCUT2D eigenvalue weighted by Gasteiger charge is 2.26. The first kappa shape index (κ1) is 14.8. The van der Waals surface area contributed by atoms with Crippen LogP contribution in [0.2, 0.25) is 0 Å². The van der Waals surface area contributed by atoms with Gasteiger partial charge in [-0.25, -0.2) is 4.98 Å². The van der Waals surface area contributed by atoms with Gasteiger partial charge in [0.15, 0.2) is 0 Å². The van der Waals surface area contributed by atoms with Gasteiger partial charge in [0.1, 0.15) is 12.6 Å². The van der Waals surface area contributed by atoms with Gasteiger partial charge in [-0.2, -0.15) is 0 Å². The average molecular weight is 291 g/mol. The predicted molar refractivity (Wildman–Crippen MR) is 81.9 cm³/mol. The van der Waals surface area contributed by atoms with Crippen LogP contribution in [0.5, 0.6) is 0 Å². The number of imidazole rings is 1. The van der Waals surface area contributed by atoms with Crippen LogP contribution in [0, 0.1) is 0 Å². The van der Waals surface area contributed by atoms with Crippen LogP contribution < -0.4 is 5.32 Å². The second-order valence-electron chi connectivity index (χ2n) is 5.95. The number of fused-ring (bicyclic) bond motifs is 1. The molecule has 0 bridgehead atoms. The lowest BCUT2D eigenvalue weighted by Gasteiger charge is -2.15. The summed E-state index contributed by atoms with van der Waals surface area (Å²) in [6.45, 7) is 6.05. The maximum atomic E-state index is 8.91. The van der Waals surface area contributed by atoms with Crippen LogP contribution in [0.3, 0.4) is 0 Å². The average Bonchev–Trinajstić information content (AvgIpc) is 3.16. The summed E-state index contributed by atoms with van der Waals surface area (Å²) in [6.07, 6.45) is 6.48. The van der Waals surface area contributed by atoms with E-state index < -0.39 is 0 Å². The minimum Gasteiger partial charge on any atom is -0.371 e. The van der Waals surface area contributed by atoms with Gasteiger partial charge in [-0.15, -0.1) is 0 Å². The standard InChI is InChI=1S/C16H25N3O2/c1-3-16-18-14-7-12(11(2)21-10-20)8-15(14)19(16)9-13-5-4-6-17-13/h8,11,13,17,20H,3-7,9-10H2,1-2H3/t11-,13-/m1/s1. The SMILES string of the molecule is CCc1nc2c(n1C[C@H]1CCCN1)C=C([C@@H](C)OCO)C2. The van der Waals surface area contributed by atoms with E-state index >= 15 is 0 Å². The van der Waals surface area contributed by atoms with Crippen molar-refractivity contribution in [3.63, 3.8) is 0 Å². The number of aliphatic hydroxyl groups is 1. The van der Waals surface area contributed by atoms with Crippen LogP contribution in [0.15, 0.2) is 5.57 Å². The number of hydrogen-bond acceptors (Lipinski definition) is 4. The molecule has 1 fully saturated rings. The molecule has 1 saturated heterocycles. The van der Waals surface area contributed by atoms with Gasteiger partial charge in [-0.3, -0.25) is 0 Å². The predicted octanol–water partition coefficient (Wildman–Crippen LogP) is 1.49.